The van der Waals surface area contributed by atoms with Crippen LogP contribution in [0.25, 0.3) is 0 Å². The molecular formula is C12H14Cl2O. The summed E-state index contributed by atoms with van der Waals surface area (Å²) in [5.41, 5.74) is 1.11. The Morgan fingerprint density at radius 1 is 1.40 bits per heavy atom. The zero-order valence-corrected chi connectivity index (χ0v) is 10.3. The highest BCUT2D eigenvalue weighted by Crippen LogP contribution is 2.32. The molecule has 82 valence electrons. The molecule has 1 nitrogen and oxygen atoms in total. The largest absolute Gasteiger partial charge is 0.370 e. The molecule has 0 aromatic heterocycles. The molecule has 1 aromatic rings. The smallest absolute Gasteiger partial charge is 0.0867 e. The predicted octanol–water partition coefficient (Wildman–Crippen LogP) is 3.96. The SMILES string of the molecule is CC(Cc1cc(Cl)ccc1Cl)C1OC1C. The number of ether oxygens (including phenoxy) is 1. The van der Waals surface area contributed by atoms with E-state index in [0.29, 0.717) is 18.1 Å². The van der Waals surface area contributed by atoms with Gasteiger partial charge in [-0.2, -0.15) is 0 Å². The Labute approximate surface area is 100 Å². The number of halogens is 2. The van der Waals surface area contributed by atoms with Crippen LogP contribution in [0, 0.1) is 5.92 Å². The minimum absolute atomic E-state index is 0.389. The highest BCUT2D eigenvalue weighted by atomic mass is 35.5. The molecule has 1 aliphatic heterocycles. The maximum Gasteiger partial charge on any atom is 0.0867 e. The molecule has 1 fully saturated rings. The predicted molar refractivity (Wildman–Crippen MR) is 63.7 cm³/mol. The van der Waals surface area contributed by atoms with Crippen LogP contribution in [-0.2, 0) is 11.2 Å². The average molecular weight is 245 g/mol. The lowest BCUT2D eigenvalue weighted by molar-refractivity contribution is 0.328. The standard InChI is InChI=1S/C12H14Cl2O/c1-7(12-8(2)15-12)5-9-6-10(13)3-4-11(9)14/h3-4,6-8,12H,5H2,1-2H3. The van der Waals surface area contributed by atoms with Crippen LogP contribution in [0.3, 0.4) is 0 Å². The van der Waals surface area contributed by atoms with E-state index in [4.69, 9.17) is 27.9 Å². The Hall–Kier alpha value is -0.240. The zero-order valence-electron chi connectivity index (χ0n) is 8.84. The van der Waals surface area contributed by atoms with E-state index < -0.39 is 0 Å². The quantitative estimate of drug-likeness (QED) is 0.734. The van der Waals surface area contributed by atoms with Crippen LogP contribution < -0.4 is 0 Å². The van der Waals surface area contributed by atoms with Gasteiger partial charge in [-0.1, -0.05) is 30.1 Å². The monoisotopic (exact) mass is 244 g/mol. The van der Waals surface area contributed by atoms with Crippen LogP contribution in [0.1, 0.15) is 19.4 Å². The van der Waals surface area contributed by atoms with Gasteiger partial charge in [-0.25, -0.2) is 0 Å². The number of epoxide rings is 1. The second-order valence-electron chi connectivity index (χ2n) is 4.22. The van der Waals surface area contributed by atoms with Crippen molar-refractivity contribution in [2.75, 3.05) is 0 Å². The van der Waals surface area contributed by atoms with Crippen molar-refractivity contribution in [1.82, 2.24) is 0 Å². The first-order valence-electron chi connectivity index (χ1n) is 5.17. The van der Waals surface area contributed by atoms with Crippen LogP contribution >= 0.6 is 23.2 Å². The summed E-state index contributed by atoms with van der Waals surface area (Å²) in [5, 5.41) is 1.53. The van der Waals surface area contributed by atoms with E-state index in [2.05, 4.69) is 13.8 Å². The van der Waals surface area contributed by atoms with Gasteiger partial charge in [0.05, 0.1) is 12.2 Å². The first-order valence-corrected chi connectivity index (χ1v) is 5.93. The molecule has 0 spiro atoms. The van der Waals surface area contributed by atoms with Crippen molar-refractivity contribution in [3.8, 4) is 0 Å². The normalized spacial score (nSPS) is 26.4. The van der Waals surface area contributed by atoms with Crippen LogP contribution in [0.4, 0.5) is 0 Å². The highest BCUT2D eigenvalue weighted by Gasteiger charge is 2.38. The third kappa shape index (κ3) is 2.66. The lowest BCUT2D eigenvalue weighted by Crippen LogP contribution is -2.09. The summed E-state index contributed by atoms with van der Waals surface area (Å²) in [5.74, 6) is 0.496. The van der Waals surface area contributed by atoms with Gasteiger partial charge < -0.3 is 4.74 Å². The lowest BCUT2D eigenvalue weighted by Gasteiger charge is -2.10. The van der Waals surface area contributed by atoms with Crippen LogP contribution in [0.5, 0.6) is 0 Å². The first kappa shape index (κ1) is 11.3. The third-order valence-corrected chi connectivity index (χ3v) is 3.47. The number of hydrogen-bond donors (Lipinski definition) is 0. The fourth-order valence-electron chi connectivity index (χ4n) is 1.96. The van der Waals surface area contributed by atoms with Crippen molar-refractivity contribution in [2.45, 2.75) is 32.5 Å². The van der Waals surface area contributed by atoms with Gasteiger partial charge in [0.2, 0.25) is 0 Å². The van der Waals surface area contributed by atoms with Gasteiger partial charge >= 0.3 is 0 Å². The molecule has 1 heterocycles. The number of hydrogen-bond acceptors (Lipinski definition) is 1. The lowest BCUT2D eigenvalue weighted by atomic mass is 9.97. The van der Waals surface area contributed by atoms with E-state index in [-0.39, 0.29) is 0 Å². The molecule has 3 unspecified atom stereocenters. The Bertz CT molecular complexity index is 365. The first-order chi connectivity index (χ1) is 7.08. The van der Waals surface area contributed by atoms with Crippen molar-refractivity contribution >= 4 is 23.2 Å². The third-order valence-electron chi connectivity index (χ3n) is 2.87. The molecule has 15 heavy (non-hydrogen) atoms. The van der Waals surface area contributed by atoms with Gasteiger partial charge in [0.1, 0.15) is 0 Å². The van der Waals surface area contributed by atoms with Crippen molar-refractivity contribution in [1.29, 1.82) is 0 Å². The van der Waals surface area contributed by atoms with Gasteiger partial charge in [-0.3, -0.25) is 0 Å². The molecule has 3 atom stereocenters. The Morgan fingerprint density at radius 3 is 2.67 bits per heavy atom. The molecular weight excluding hydrogens is 231 g/mol. The van der Waals surface area contributed by atoms with Crippen molar-refractivity contribution in [3.63, 3.8) is 0 Å². The van der Waals surface area contributed by atoms with Gasteiger partial charge in [0.25, 0.3) is 0 Å². The van der Waals surface area contributed by atoms with E-state index in [9.17, 15) is 0 Å². The molecule has 0 saturated carbocycles. The maximum absolute atomic E-state index is 6.10. The van der Waals surface area contributed by atoms with Crippen molar-refractivity contribution in [2.24, 2.45) is 5.92 Å². The van der Waals surface area contributed by atoms with Crippen LogP contribution in [0.15, 0.2) is 18.2 Å². The Morgan fingerprint density at radius 2 is 2.07 bits per heavy atom. The fraction of sp³-hybridized carbons (Fsp3) is 0.500. The van der Waals surface area contributed by atoms with Crippen molar-refractivity contribution < 1.29 is 4.74 Å². The van der Waals surface area contributed by atoms with E-state index in [0.717, 1.165) is 22.0 Å². The van der Waals surface area contributed by atoms with E-state index in [1.807, 2.05) is 18.2 Å². The number of rotatable bonds is 3. The molecule has 1 aliphatic rings. The van der Waals surface area contributed by atoms with Crippen LogP contribution in [0.2, 0.25) is 10.0 Å². The summed E-state index contributed by atoms with van der Waals surface area (Å²) in [6.45, 7) is 4.28. The van der Waals surface area contributed by atoms with Gasteiger partial charge in [0, 0.05) is 10.0 Å². The molecule has 0 aliphatic carbocycles. The topological polar surface area (TPSA) is 12.5 Å². The summed E-state index contributed by atoms with van der Waals surface area (Å²) in [6.07, 6.45) is 1.71. The molecule has 2 rings (SSSR count). The minimum atomic E-state index is 0.389. The van der Waals surface area contributed by atoms with Crippen LogP contribution in [-0.4, -0.2) is 12.2 Å². The summed E-state index contributed by atoms with van der Waals surface area (Å²) in [7, 11) is 0. The molecule has 3 heteroatoms. The molecule has 1 aromatic carbocycles. The van der Waals surface area contributed by atoms with E-state index in [1.54, 1.807) is 0 Å². The van der Waals surface area contributed by atoms with Gasteiger partial charge in [-0.05, 0) is 43.0 Å². The average Bonchev–Trinajstić information content (AvgIpc) is 2.89. The molecule has 0 amide bonds. The molecule has 0 bridgehead atoms. The number of benzene rings is 1. The summed E-state index contributed by atoms with van der Waals surface area (Å²) in [4.78, 5) is 0. The second-order valence-corrected chi connectivity index (χ2v) is 5.07. The zero-order chi connectivity index (χ0) is 11.0. The highest BCUT2D eigenvalue weighted by molar-refractivity contribution is 6.33. The Balaban J connectivity index is 2.06. The summed E-state index contributed by atoms with van der Waals surface area (Å²) < 4.78 is 5.44. The van der Waals surface area contributed by atoms with Gasteiger partial charge in [0.15, 0.2) is 0 Å². The second kappa shape index (κ2) is 4.32. The van der Waals surface area contributed by atoms with E-state index >= 15 is 0 Å². The maximum atomic E-state index is 6.10. The molecule has 1 saturated heterocycles. The molecule has 0 N–H and O–H groups in total. The summed E-state index contributed by atoms with van der Waals surface area (Å²) in [6, 6.07) is 5.60. The van der Waals surface area contributed by atoms with E-state index in [1.165, 1.54) is 0 Å². The van der Waals surface area contributed by atoms with Crippen molar-refractivity contribution in [3.05, 3.63) is 33.8 Å². The van der Waals surface area contributed by atoms with Gasteiger partial charge in [-0.15, -0.1) is 0 Å². The summed E-state index contributed by atoms with van der Waals surface area (Å²) >= 11 is 12.0. The Kier molecular flexibility index (Phi) is 3.24. The fourth-order valence-corrected chi connectivity index (χ4v) is 2.35. The minimum Gasteiger partial charge on any atom is -0.370 e. The molecule has 0 radical (unpaired) electrons.